The second kappa shape index (κ2) is 10.8. The van der Waals surface area contributed by atoms with Gasteiger partial charge in [0.25, 0.3) is 0 Å². The van der Waals surface area contributed by atoms with E-state index in [-0.39, 0.29) is 17.1 Å². The number of ether oxygens (including phenoxy) is 1. The van der Waals surface area contributed by atoms with Crippen LogP contribution in [0.15, 0.2) is 67.3 Å². The summed E-state index contributed by atoms with van der Waals surface area (Å²) < 4.78 is 49.1. The largest absolute Gasteiger partial charge is 0.491 e. The Morgan fingerprint density at radius 2 is 1.74 bits per heavy atom. The van der Waals surface area contributed by atoms with Crippen molar-refractivity contribution in [1.82, 2.24) is 0 Å². The molecule has 0 N–H and O–H groups in total. The summed E-state index contributed by atoms with van der Waals surface area (Å²) in [5.74, 6) is -1.24. The molecule has 1 aliphatic carbocycles. The average molecular weight is 463 g/mol. The van der Waals surface area contributed by atoms with E-state index >= 15 is 0 Å². The number of hydrogen-bond acceptors (Lipinski definition) is 1. The smallest absolute Gasteiger partial charge is 0.166 e. The lowest BCUT2D eigenvalue weighted by Gasteiger charge is -2.22. The van der Waals surface area contributed by atoms with Gasteiger partial charge in [0.15, 0.2) is 23.2 Å². The fraction of sp³-hybridized carbons (Fsp3) is 0.267. The normalized spacial score (nSPS) is 15.6. The SMILES string of the molecule is C=Cc1ccc(-c2ccc(CCC3CC=C(c4ccc(OCC)c(F)c4)CC3)c(F)c2F)cc1. The minimum Gasteiger partial charge on any atom is -0.491 e. The highest BCUT2D eigenvalue weighted by atomic mass is 19.2. The topological polar surface area (TPSA) is 9.23 Å². The Labute approximate surface area is 199 Å². The number of aryl methyl sites for hydroxylation is 1. The van der Waals surface area contributed by atoms with Crippen molar-refractivity contribution in [2.45, 2.75) is 39.0 Å². The molecule has 1 nitrogen and oxygen atoms in total. The average Bonchev–Trinajstić information content (AvgIpc) is 2.87. The summed E-state index contributed by atoms with van der Waals surface area (Å²) in [7, 11) is 0. The Bertz CT molecular complexity index is 1190. The molecule has 0 saturated heterocycles. The summed E-state index contributed by atoms with van der Waals surface area (Å²) >= 11 is 0. The van der Waals surface area contributed by atoms with Crippen LogP contribution in [-0.2, 0) is 6.42 Å². The quantitative estimate of drug-likeness (QED) is 0.325. The van der Waals surface area contributed by atoms with Gasteiger partial charge in [-0.1, -0.05) is 61.2 Å². The van der Waals surface area contributed by atoms with E-state index in [0.717, 1.165) is 42.4 Å². The van der Waals surface area contributed by atoms with Crippen LogP contribution in [0.5, 0.6) is 5.75 Å². The van der Waals surface area contributed by atoms with Crippen molar-refractivity contribution in [3.8, 4) is 16.9 Å². The van der Waals surface area contributed by atoms with Crippen molar-refractivity contribution in [2.24, 2.45) is 5.92 Å². The lowest BCUT2D eigenvalue weighted by atomic mass is 9.83. The van der Waals surface area contributed by atoms with E-state index in [9.17, 15) is 13.2 Å². The molecule has 1 unspecified atom stereocenters. The molecule has 0 bridgehead atoms. The third-order valence-electron chi connectivity index (χ3n) is 6.56. The van der Waals surface area contributed by atoms with Gasteiger partial charge in [-0.2, -0.15) is 0 Å². The summed E-state index contributed by atoms with van der Waals surface area (Å²) in [6, 6.07) is 15.7. The van der Waals surface area contributed by atoms with Crippen LogP contribution in [0.25, 0.3) is 22.8 Å². The Morgan fingerprint density at radius 1 is 0.971 bits per heavy atom. The molecule has 1 aliphatic rings. The molecule has 0 amide bonds. The number of benzene rings is 3. The molecule has 3 aromatic rings. The minimum absolute atomic E-state index is 0.268. The van der Waals surface area contributed by atoms with Gasteiger partial charge in [-0.3, -0.25) is 0 Å². The van der Waals surface area contributed by atoms with Crippen molar-refractivity contribution < 1.29 is 17.9 Å². The Kier molecular flexibility index (Phi) is 7.56. The second-order valence-electron chi connectivity index (χ2n) is 8.71. The first-order valence-corrected chi connectivity index (χ1v) is 11.8. The maximum Gasteiger partial charge on any atom is 0.166 e. The molecular weight excluding hydrogens is 433 g/mol. The van der Waals surface area contributed by atoms with E-state index in [2.05, 4.69) is 12.7 Å². The van der Waals surface area contributed by atoms with E-state index < -0.39 is 11.6 Å². The van der Waals surface area contributed by atoms with Gasteiger partial charge in [-0.25, -0.2) is 13.2 Å². The van der Waals surface area contributed by atoms with Crippen LogP contribution < -0.4 is 4.74 Å². The van der Waals surface area contributed by atoms with Gasteiger partial charge in [-0.05, 0) is 84.9 Å². The van der Waals surface area contributed by atoms with Gasteiger partial charge in [0.2, 0.25) is 0 Å². The van der Waals surface area contributed by atoms with E-state index in [4.69, 9.17) is 4.74 Å². The predicted octanol–water partition coefficient (Wildman–Crippen LogP) is 8.63. The van der Waals surface area contributed by atoms with Crippen molar-refractivity contribution in [3.63, 3.8) is 0 Å². The molecule has 0 fully saturated rings. The fourth-order valence-electron chi connectivity index (χ4n) is 4.55. The van der Waals surface area contributed by atoms with E-state index in [1.807, 2.05) is 25.1 Å². The summed E-state index contributed by atoms with van der Waals surface area (Å²) in [5, 5.41) is 0. The molecule has 0 heterocycles. The number of hydrogen-bond donors (Lipinski definition) is 0. The van der Waals surface area contributed by atoms with E-state index in [1.54, 1.807) is 36.4 Å². The third-order valence-corrected chi connectivity index (χ3v) is 6.56. The molecule has 0 aromatic heterocycles. The fourth-order valence-corrected chi connectivity index (χ4v) is 4.55. The summed E-state index contributed by atoms with van der Waals surface area (Å²) in [6.45, 7) is 5.97. The number of rotatable bonds is 8. The predicted molar refractivity (Wildman–Crippen MR) is 133 cm³/mol. The Balaban J connectivity index is 1.38. The van der Waals surface area contributed by atoms with Gasteiger partial charge in [0.1, 0.15) is 0 Å². The summed E-state index contributed by atoms with van der Waals surface area (Å²) in [6.07, 6.45) is 7.77. The number of halogens is 3. The van der Waals surface area contributed by atoms with Gasteiger partial charge >= 0.3 is 0 Å². The summed E-state index contributed by atoms with van der Waals surface area (Å²) in [5.41, 5.74) is 4.26. The molecule has 34 heavy (non-hydrogen) atoms. The van der Waals surface area contributed by atoms with Crippen molar-refractivity contribution in [2.75, 3.05) is 6.61 Å². The Hall–Kier alpha value is -3.27. The maximum atomic E-state index is 14.8. The highest BCUT2D eigenvalue weighted by molar-refractivity contribution is 5.67. The lowest BCUT2D eigenvalue weighted by molar-refractivity contribution is 0.321. The van der Waals surface area contributed by atoms with Crippen LogP contribution in [0.1, 0.15) is 49.3 Å². The van der Waals surface area contributed by atoms with Crippen LogP contribution in [0.4, 0.5) is 13.2 Å². The molecule has 0 radical (unpaired) electrons. The molecule has 0 saturated carbocycles. The van der Waals surface area contributed by atoms with Gasteiger partial charge in [-0.15, -0.1) is 0 Å². The first kappa shape index (κ1) is 23.9. The standard InChI is InChI=1S/C30H29F3O/c1-3-20-5-12-23(13-6-20)26-17-15-24(29(32)30(26)33)14-9-21-7-10-22(11-8-21)25-16-18-28(34-4-2)27(31)19-25/h3,5-6,10,12-13,15-19,21H,1,4,7-9,11,14H2,2H3. The monoisotopic (exact) mass is 462 g/mol. The van der Waals surface area contributed by atoms with Crippen LogP contribution in [0.2, 0.25) is 0 Å². The first-order chi connectivity index (χ1) is 16.5. The lowest BCUT2D eigenvalue weighted by Crippen LogP contribution is -2.08. The molecule has 4 rings (SSSR count). The molecule has 3 aromatic carbocycles. The third kappa shape index (κ3) is 5.27. The molecule has 176 valence electrons. The first-order valence-electron chi connectivity index (χ1n) is 11.8. The summed E-state index contributed by atoms with van der Waals surface area (Å²) in [4.78, 5) is 0. The molecule has 0 aliphatic heterocycles. The van der Waals surface area contributed by atoms with Crippen molar-refractivity contribution in [3.05, 3.63) is 101 Å². The zero-order valence-electron chi connectivity index (χ0n) is 19.4. The zero-order chi connectivity index (χ0) is 24.1. The zero-order valence-corrected chi connectivity index (χ0v) is 19.4. The Morgan fingerprint density at radius 3 is 2.38 bits per heavy atom. The molecule has 1 atom stereocenters. The second-order valence-corrected chi connectivity index (χ2v) is 8.71. The van der Waals surface area contributed by atoms with Crippen LogP contribution in [-0.4, -0.2) is 6.61 Å². The van der Waals surface area contributed by atoms with Gasteiger partial charge in [0, 0.05) is 5.56 Å². The molecule has 0 spiro atoms. The van der Waals surface area contributed by atoms with Crippen LogP contribution >= 0.6 is 0 Å². The van der Waals surface area contributed by atoms with Crippen molar-refractivity contribution in [1.29, 1.82) is 0 Å². The van der Waals surface area contributed by atoms with Crippen molar-refractivity contribution >= 4 is 11.6 Å². The van der Waals surface area contributed by atoms with Gasteiger partial charge in [0.05, 0.1) is 6.61 Å². The minimum atomic E-state index is -0.799. The van der Waals surface area contributed by atoms with Gasteiger partial charge < -0.3 is 4.74 Å². The molecule has 4 heteroatoms. The molecular formula is C30H29F3O. The maximum absolute atomic E-state index is 14.8. The van der Waals surface area contributed by atoms with E-state index in [0.29, 0.717) is 30.1 Å². The number of allylic oxidation sites excluding steroid dienone is 2. The van der Waals surface area contributed by atoms with Crippen LogP contribution in [0, 0.1) is 23.4 Å². The highest BCUT2D eigenvalue weighted by Gasteiger charge is 2.19. The highest BCUT2D eigenvalue weighted by Crippen LogP contribution is 2.35. The van der Waals surface area contributed by atoms with E-state index in [1.165, 1.54) is 6.07 Å². The van der Waals surface area contributed by atoms with Crippen LogP contribution in [0.3, 0.4) is 0 Å².